The molecule has 1 aromatic heterocycles. The Labute approximate surface area is 199 Å². The van der Waals surface area contributed by atoms with Gasteiger partial charge in [-0.1, -0.05) is 41.5 Å². The molecule has 1 aromatic carbocycles. The summed E-state index contributed by atoms with van der Waals surface area (Å²) >= 11 is 0. The molecule has 2 aromatic rings. The Bertz CT molecular complexity index is 888. The van der Waals surface area contributed by atoms with Gasteiger partial charge in [-0.2, -0.15) is 5.10 Å². The summed E-state index contributed by atoms with van der Waals surface area (Å²) in [5.74, 6) is 0.976. The minimum Gasteiger partial charge on any atom is -0.461 e. The Morgan fingerprint density at radius 2 is 1.55 bits per heavy atom. The van der Waals surface area contributed by atoms with Crippen molar-refractivity contribution in [3.05, 3.63) is 47.3 Å². The van der Waals surface area contributed by atoms with Crippen molar-refractivity contribution in [2.75, 3.05) is 19.7 Å². The van der Waals surface area contributed by atoms with Gasteiger partial charge in [0.05, 0.1) is 12.3 Å². The molecule has 0 fully saturated rings. The monoisotopic (exact) mass is 455 g/mol. The van der Waals surface area contributed by atoms with Gasteiger partial charge in [-0.25, -0.2) is 9.48 Å². The first kappa shape index (κ1) is 26.6. The van der Waals surface area contributed by atoms with Crippen LogP contribution < -0.4 is 0 Å². The van der Waals surface area contributed by atoms with Crippen LogP contribution in [0.25, 0.3) is 5.69 Å². The average Bonchev–Trinajstić information content (AvgIpc) is 3.24. The van der Waals surface area contributed by atoms with Gasteiger partial charge in [0.1, 0.15) is 0 Å². The maximum Gasteiger partial charge on any atom is 0.358 e. The minimum atomic E-state index is -0.418. The van der Waals surface area contributed by atoms with Crippen LogP contribution in [0.5, 0.6) is 0 Å². The first-order valence-corrected chi connectivity index (χ1v) is 12.3. The minimum absolute atomic E-state index is 0.0673. The maximum atomic E-state index is 13.2. The van der Waals surface area contributed by atoms with Crippen molar-refractivity contribution in [1.29, 1.82) is 0 Å². The summed E-state index contributed by atoms with van der Waals surface area (Å²) in [4.78, 5) is 27.5. The average molecular weight is 456 g/mol. The summed E-state index contributed by atoms with van der Waals surface area (Å²) in [7, 11) is 0. The van der Waals surface area contributed by atoms with Gasteiger partial charge in [0, 0.05) is 24.3 Å². The molecule has 0 aliphatic heterocycles. The molecule has 0 aliphatic carbocycles. The summed E-state index contributed by atoms with van der Waals surface area (Å²) < 4.78 is 6.93. The first-order valence-electron chi connectivity index (χ1n) is 12.3. The number of hydrogen-bond donors (Lipinski definition) is 0. The number of carbonyl (C=O) groups is 2. The third-order valence-corrected chi connectivity index (χ3v) is 5.94. The third-order valence-electron chi connectivity index (χ3n) is 5.94. The third kappa shape index (κ3) is 7.44. The highest BCUT2D eigenvalue weighted by atomic mass is 16.5. The van der Waals surface area contributed by atoms with Gasteiger partial charge in [0.2, 0.25) is 0 Å². The normalized spacial score (nSPS) is 12.3. The van der Waals surface area contributed by atoms with Crippen LogP contribution in [0.1, 0.15) is 100 Å². The molecule has 2 rings (SSSR count). The molecule has 0 saturated carbocycles. The second-order valence-electron chi connectivity index (χ2n) is 9.60. The molecule has 0 spiro atoms. The van der Waals surface area contributed by atoms with Gasteiger partial charge in [0.25, 0.3) is 5.91 Å². The van der Waals surface area contributed by atoms with Gasteiger partial charge in [-0.15, -0.1) is 0 Å². The van der Waals surface area contributed by atoms with Crippen molar-refractivity contribution in [3.63, 3.8) is 0 Å². The molecule has 1 atom stereocenters. The summed E-state index contributed by atoms with van der Waals surface area (Å²) in [6.45, 7) is 16.6. The van der Waals surface area contributed by atoms with Crippen LogP contribution in [0, 0.1) is 11.8 Å². The number of benzene rings is 1. The highest BCUT2D eigenvalue weighted by Gasteiger charge is 2.21. The van der Waals surface area contributed by atoms with Crippen LogP contribution in [-0.4, -0.2) is 46.3 Å². The number of ether oxygens (including phenoxy) is 1. The van der Waals surface area contributed by atoms with E-state index in [1.54, 1.807) is 11.6 Å². The molecule has 33 heavy (non-hydrogen) atoms. The zero-order chi connectivity index (χ0) is 24.5. The maximum absolute atomic E-state index is 13.2. The lowest BCUT2D eigenvalue weighted by atomic mass is 10.0. The number of esters is 1. The fourth-order valence-electron chi connectivity index (χ4n) is 3.54. The molecule has 182 valence electrons. The fourth-order valence-corrected chi connectivity index (χ4v) is 3.54. The van der Waals surface area contributed by atoms with Gasteiger partial charge in [-0.05, 0) is 74.3 Å². The Balaban J connectivity index is 2.30. The van der Waals surface area contributed by atoms with E-state index in [-0.39, 0.29) is 11.8 Å². The van der Waals surface area contributed by atoms with E-state index >= 15 is 0 Å². The van der Waals surface area contributed by atoms with E-state index in [0.717, 1.165) is 43.7 Å². The van der Waals surface area contributed by atoms with Gasteiger partial charge in [-0.3, -0.25) is 4.79 Å². The van der Waals surface area contributed by atoms with Crippen LogP contribution >= 0.6 is 0 Å². The van der Waals surface area contributed by atoms with E-state index in [2.05, 4.69) is 46.6 Å². The zero-order valence-corrected chi connectivity index (χ0v) is 21.4. The molecule has 6 heteroatoms. The largest absolute Gasteiger partial charge is 0.461 e. The molecule has 0 aliphatic rings. The molecule has 0 N–H and O–H groups in total. The summed E-state index contributed by atoms with van der Waals surface area (Å²) in [6.07, 6.45) is 2.90. The van der Waals surface area contributed by atoms with Crippen LogP contribution in [0.4, 0.5) is 0 Å². The van der Waals surface area contributed by atoms with E-state index in [0.29, 0.717) is 29.7 Å². The molecule has 1 amide bonds. The van der Waals surface area contributed by atoms with Crippen molar-refractivity contribution >= 4 is 11.9 Å². The lowest BCUT2D eigenvalue weighted by Gasteiger charge is -2.25. The molecule has 0 saturated heterocycles. The van der Waals surface area contributed by atoms with E-state index in [9.17, 15) is 9.59 Å². The Kier molecular flexibility index (Phi) is 10.1. The summed E-state index contributed by atoms with van der Waals surface area (Å²) in [5.41, 5.74) is 2.76. The van der Waals surface area contributed by atoms with Gasteiger partial charge in [0.15, 0.2) is 5.69 Å². The Morgan fingerprint density at radius 3 is 2.03 bits per heavy atom. The lowest BCUT2D eigenvalue weighted by molar-refractivity contribution is 0.0518. The molecule has 0 bridgehead atoms. The van der Waals surface area contributed by atoms with E-state index in [1.807, 2.05) is 35.2 Å². The molecular formula is C27H41N3O3. The number of rotatable bonds is 12. The van der Waals surface area contributed by atoms with E-state index < -0.39 is 5.97 Å². The SMILES string of the molecule is CCOC(=O)c1cc([C@H](C)CC)n(-c2ccc(C(=O)N(CCC(C)C)CCC(C)C)cc2)n1. The first-order chi connectivity index (χ1) is 15.7. The van der Waals surface area contributed by atoms with Gasteiger partial charge < -0.3 is 9.64 Å². The van der Waals surface area contributed by atoms with Crippen molar-refractivity contribution in [2.24, 2.45) is 11.8 Å². The number of aromatic nitrogens is 2. The molecular weight excluding hydrogens is 414 g/mol. The van der Waals surface area contributed by atoms with Crippen LogP contribution in [0.2, 0.25) is 0 Å². The topological polar surface area (TPSA) is 64.4 Å². The van der Waals surface area contributed by atoms with E-state index in [1.165, 1.54) is 0 Å². The summed E-state index contributed by atoms with van der Waals surface area (Å²) in [5, 5.41) is 4.52. The van der Waals surface area contributed by atoms with Crippen LogP contribution in [0.3, 0.4) is 0 Å². The van der Waals surface area contributed by atoms with Crippen molar-refractivity contribution < 1.29 is 14.3 Å². The number of amides is 1. The number of carbonyl (C=O) groups excluding carboxylic acids is 2. The van der Waals surface area contributed by atoms with E-state index in [4.69, 9.17) is 4.74 Å². The standard InChI is InChI=1S/C27H41N3O3/c1-8-21(7)25-18-24(27(32)33-9-2)28-30(25)23-12-10-22(11-13-23)26(31)29(16-14-19(3)4)17-15-20(5)6/h10-13,18-21H,8-9,14-17H2,1-7H3/t21-/m1/s1. The molecule has 0 unspecified atom stereocenters. The highest BCUT2D eigenvalue weighted by Crippen LogP contribution is 2.24. The smallest absolute Gasteiger partial charge is 0.358 e. The quantitative estimate of drug-likeness (QED) is 0.363. The summed E-state index contributed by atoms with van der Waals surface area (Å²) in [6, 6.07) is 9.35. The number of nitrogens with zero attached hydrogens (tertiary/aromatic N) is 3. The predicted molar refractivity (Wildman–Crippen MR) is 133 cm³/mol. The zero-order valence-electron chi connectivity index (χ0n) is 21.4. The Morgan fingerprint density at radius 1 is 0.970 bits per heavy atom. The van der Waals surface area contributed by atoms with Crippen molar-refractivity contribution in [2.45, 2.75) is 73.6 Å². The van der Waals surface area contributed by atoms with Crippen LogP contribution in [-0.2, 0) is 4.74 Å². The van der Waals surface area contributed by atoms with Crippen LogP contribution in [0.15, 0.2) is 30.3 Å². The Hall–Kier alpha value is -2.63. The van der Waals surface area contributed by atoms with Gasteiger partial charge >= 0.3 is 5.97 Å². The second kappa shape index (κ2) is 12.6. The second-order valence-corrected chi connectivity index (χ2v) is 9.60. The lowest BCUT2D eigenvalue weighted by Crippen LogP contribution is -2.34. The fraction of sp³-hybridized carbons (Fsp3) is 0.593. The molecule has 6 nitrogen and oxygen atoms in total. The van der Waals surface area contributed by atoms with Crippen molar-refractivity contribution in [3.8, 4) is 5.69 Å². The molecule has 0 radical (unpaired) electrons. The highest BCUT2D eigenvalue weighted by molar-refractivity contribution is 5.94. The predicted octanol–water partition coefficient (Wildman–Crippen LogP) is 6.10. The molecule has 1 heterocycles. The van der Waals surface area contributed by atoms with Crippen molar-refractivity contribution in [1.82, 2.24) is 14.7 Å². The number of hydrogen-bond acceptors (Lipinski definition) is 4.